The van der Waals surface area contributed by atoms with Crippen LogP contribution in [0.5, 0.6) is 0 Å². The average molecular weight is 150 g/mol. The second-order valence-corrected chi connectivity index (χ2v) is 2.52. The van der Waals surface area contributed by atoms with E-state index in [9.17, 15) is 0 Å². The number of hydrogen-bond donors (Lipinski definition) is 6. The van der Waals surface area contributed by atoms with Gasteiger partial charge in [-0.2, -0.15) is 0 Å². The van der Waals surface area contributed by atoms with E-state index in [1.54, 1.807) is 0 Å². The van der Waals surface area contributed by atoms with E-state index >= 15 is 0 Å². The molecule has 0 aromatic carbocycles. The Bertz CT molecular complexity index is 153. The summed E-state index contributed by atoms with van der Waals surface area (Å²) < 4.78 is 0. The predicted molar refractivity (Wildman–Crippen MR) is 30.3 cm³/mol. The van der Waals surface area contributed by atoms with Gasteiger partial charge in [0.15, 0.2) is 0 Å². The largest absolute Gasteiger partial charge is 0.360 e. The minimum atomic E-state index is -2.69. The summed E-state index contributed by atoms with van der Waals surface area (Å²) in [6.45, 7) is -0.410. The van der Waals surface area contributed by atoms with E-state index in [0.717, 1.165) is 0 Å². The van der Waals surface area contributed by atoms with E-state index in [1.807, 2.05) is 0 Å². The molecule has 0 heterocycles. The first-order valence-electron chi connectivity index (χ1n) is 2.69. The van der Waals surface area contributed by atoms with Crippen LogP contribution in [0.1, 0.15) is 0 Å². The van der Waals surface area contributed by atoms with Gasteiger partial charge in [0, 0.05) is 6.54 Å². The van der Waals surface area contributed by atoms with Crippen molar-refractivity contribution in [2.75, 3.05) is 6.54 Å². The summed E-state index contributed by atoms with van der Waals surface area (Å²) >= 11 is 0. The summed E-state index contributed by atoms with van der Waals surface area (Å²) in [4.78, 5) is 0. The van der Waals surface area contributed by atoms with Crippen LogP contribution in [0.4, 0.5) is 0 Å². The molecule has 6 heteroatoms. The molecule has 0 saturated heterocycles. The van der Waals surface area contributed by atoms with Crippen molar-refractivity contribution in [3.05, 3.63) is 0 Å². The molecule has 60 valence electrons. The Morgan fingerprint density at radius 1 is 1.00 bits per heavy atom. The molecule has 1 saturated carbocycles. The zero-order valence-corrected chi connectivity index (χ0v) is 5.15. The number of aliphatic hydroxyl groups is 4. The van der Waals surface area contributed by atoms with Crippen molar-refractivity contribution in [3.63, 3.8) is 0 Å². The molecule has 6 nitrogen and oxygen atoms in total. The fourth-order valence-electron chi connectivity index (χ4n) is 0.864. The van der Waals surface area contributed by atoms with Crippen molar-refractivity contribution in [2.45, 2.75) is 17.1 Å². The molecule has 0 amide bonds. The Labute approximate surface area is 56.7 Å². The molecule has 1 aliphatic rings. The molecule has 0 aliphatic heterocycles. The van der Waals surface area contributed by atoms with Crippen LogP contribution >= 0.6 is 0 Å². The van der Waals surface area contributed by atoms with E-state index in [-0.39, 0.29) is 0 Å². The van der Waals surface area contributed by atoms with Gasteiger partial charge in [-0.15, -0.1) is 0 Å². The SMILES string of the molecule is NCC1(N)C(O)(O)C1(O)O. The first-order valence-corrected chi connectivity index (χ1v) is 2.69. The quantitative estimate of drug-likeness (QED) is 0.211. The standard InChI is InChI=1S/C4H10N2O4/c5-1-2(6)3(7,8)4(2,9)10/h7-10H,1,5-6H2. The van der Waals surface area contributed by atoms with Gasteiger partial charge in [0.2, 0.25) is 11.6 Å². The van der Waals surface area contributed by atoms with E-state index in [0.29, 0.717) is 0 Å². The van der Waals surface area contributed by atoms with E-state index < -0.39 is 23.7 Å². The first kappa shape index (κ1) is 7.86. The van der Waals surface area contributed by atoms with Gasteiger partial charge in [0.25, 0.3) is 0 Å². The van der Waals surface area contributed by atoms with E-state index in [4.69, 9.17) is 31.9 Å². The average Bonchev–Trinajstić information content (AvgIpc) is 2.11. The third-order valence-electron chi connectivity index (χ3n) is 1.99. The summed E-state index contributed by atoms with van der Waals surface area (Å²) in [6, 6.07) is 0. The Morgan fingerprint density at radius 2 is 1.30 bits per heavy atom. The van der Waals surface area contributed by atoms with Crippen LogP contribution in [0.25, 0.3) is 0 Å². The number of rotatable bonds is 1. The van der Waals surface area contributed by atoms with Gasteiger partial charge in [0.1, 0.15) is 5.54 Å². The Kier molecular flexibility index (Phi) is 1.18. The van der Waals surface area contributed by atoms with Crippen molar-refractivity contribution in [1.29, 1.82) is 0 Å². The molecule has 1 aliphatic carbocycles. The molecule has 0 spiro atoms. The molecular formula is C4H10N2O4. The van der Waals surface area contributed by atoms with Crippen molar-refractivity contribution in [1.82, 2.24) is 0 Å². The van der Waals surface area contributed by atoms with Crippen LogP contribution in [-0.4, -0.2) is 44.1 Å². The number of nitrogens with two attached hydrogens (primary N) is 2. The van der Waals surface area contributed by atoms with Crippen molar-refractivity contribution in [3.8, 4) is 0 Å². The minimum absolute atomic E-state index is 0.410. The smallest absolute Gasteiger partial charge is 0.246 e. The summed E-state index contributed by atoms with van der Waals surface area (Å²) in [7, 11) is 0. The maximum atomic E-state index is 8.73. The van der Waals surface area contributed by atoms with Gasteiger partial charge in [-0.1, -0.05) is 0 Å². The lowest BCUT2D eigenvalue weighted by Gasteiger charge is -2.05. The maximum Gasteiger partial charge on any atom is 0.246 e. The van der Waals surface area contributed by atoms with Crippen LogP contribution in [-0.2, 0) is 0 Å². The van der Waals surface area contributed by atoms with Crippen molar-refractivity contribution < 1.29 is 20.4 Å². The van der Waals surface area contributed by atoms with Crippen LogP contribution in [0.2, 0.25) is 0 Å². The van der Waals surface area contributed by atoms with E-state index in [2.05, 4.69) is 0 Å². The third kappa shape index (κ3) is 0.460. The summed E-state index contributed by atoms with van der Waals surface area (Å²) in [5, 5.41) is 34.9. The van der Waals surface area contributed by atoms with Crippen molar-refractivity contribution in [2.24, 2.45) is 11.5 Å². The third-order valence-corrected chi connectivity index (χ3v) is 1.99. The first-order chi connectivity index (χ1) is 4.31. The maximum absolute atomic E-state index is 8.73. The lowest BCUT2D eigenvalue weighted by Crippen LogP contribution is -2.43. The topological polar surface area (TPSA) is 133 Å². The lowest BCUT2D eigenvalue weighted by molar-refractivity contribution is -0.207. The van der Waals surface area contributed by atoms with Crippen molar-refractivity contribution >= 4 is 0 Å². The highest BCUT2D eigenvalue weighted by Crippen LogP contribution is 2.51. The fourth-order valence-corrected chi connectivity index (χ4v) is 0.864. The van der Waals surface area contributed by atoms with Gasteiger partial charge in [0.05, 0.1) is 0 Å². The molecule has 0 bridgehead atoms. The fraction of sp³-hybridized carbons (Fsp3) is 1.00. The normalized spacial score (nSPS) is 31.8. The van der Waals surface area contributed by atoms with Crippen LogP contribution in [0.15, 0.2) is 0 Å². The lowest BCUT2D eigenvalue weighted by atomic mass is 10.2. The summed E-state index contributed by atoms with van der Waals surface area (Å²) in [5.41, 5.74) is 8.11. The Hall–Kier alpha value is -0.240. The second kappa shape index (κ2) is 1.50. The van der Waals surface area contributed by atoms with Crippen LogP contribution in [0.3, 0.4) is 0 Å². The number of hydrogen-bond acceptors (Lipinski definition) is 6. The molecular weight excluding hydrogens is 140 g/mol. The second-order valence-electron chi connectivity index (χ2n) is 2.52. The van der Waals surface area contributed by atoms with Crippen LogP contribution in [0, 0.1) is 0 Å². The predicted octanol–water partition coefficient (Wildman–Crippen LogP) is -3.98. The summed E-state index contributed by atoms with van der Waals surface area (Å²) in [5.74, 6) is -5.37. The molecule has 1 fully saturated rings. The molecule has 1 rings (SSSR count). The monoisotopic (exact) mass is 150 g/mol. The van der Waals surface area contributed by atoms with E-state index in [1.165, 1.54) is 0 Å². The van der Waals surface area contributed by atoms with Gasteiger partial charge >= 0.3 is 0 Å². The van der Waals surface area contributed by atoms with Gasteiger partial charge in [-0.25, -0.2) is 0 Å². The minimum Gasteiger partial charge on any atom is -0.360 e. The molecule has 0 radical (unpaired) electrons. The molecule has 0 unspecified atom stereocenters. The highest BCUT2D eigenvalue weighted by molar-refractivity contribution is 5.30. The van der Waals surface area contributed by atoms with Gasteiger partial charge in [-0.05, 0) is 0 Å². The highest BCUT2D eigenvalue weighted by Gasteiger charge is 2.87. The van der Waals surface area contributed by atoms with Gasteiger partial charge in [-0.3, -0.25) is 0 Å². The Balaban J connectivity index is 2.90. The zero-order valence-electron chi connectivity index (χ0n) is 5.15. The van der Waals surface area contributed by atoms with Crippen LogP contribution < -0.4 is 11.5 Å². The zero-order chi connectivity index (χ0) is 8.21. The molecule has 0 aromatic heterocycles. The summed E-state index contributed by atoms with van der Waals surface area (Å²) in [6.07, 6.45) is 0. The molecule has 0 atom stereocenters. The van der Waals surface area contributed by atoms with Gasteiger partial charge < -0.3 is 31.9 Å². The molecule has 8 N–H and O–H groups in total. The Morgan fingerprint density at radius 3 is 1.30 bits per heavy atom. The highest BCUT2D eigenvalue weighted by atomic mass is 16.6. The molecule has 10 heavy (non-hydrogen) atoms. The molecule has 0 aromatic rings.